The predicted molar refractivity (Wildman–Crippen MR) is 167 cm³/mol. The van der Waals surface area contributed by atoms with Crippen molar-refractivity contribution in [1.29, 1.82) is 0 Å². The topological polar surface area (TPSA) is 89.0 Å². The fraction of sp³-hybridized carbons (Fsp3) is 0.171. The van der Waals surface area contributed by atoms with Gasteiger partial charge in [0.05, 0.1) is 21.8 Å². The highest BCUT2D eigenvalue weighted by atomic mass is 32.1. The minimum atomic E-state index is -0.912. The Hall–Kier alpha value is -4.95. The Labute approximate surface area is 252 Å². The van der Waals surface area contributed by atoms with Gasteiger partial charge in [-0.1, -0.05) is 59.9 Å². The Morgan fingerprint density at radius 3 is 2.70 bits per heavy atom. The Kier molecular flexibility index (Phi) is 6.70. The van der Waals surface area contributed by atoms with Crippen molar-refractivity contribution >= 4 is 44.1 Å². The van der Waals surface area contributed by atoms with E-state index >= 15 is 0 Å². The van der Waals surface area contributed by atoms with Gasteiger partial charge in [0.25, 0.3) is 5.78 Å². The van der Waals surface area contributed by atoms with Crippen LogP contribution in [0.3, 0.4) is 0 Å². The average molecular weight is 589 g/mol. The SMILES string of the molecule is Cc1ccc2nc(N3C(=O)C(=O)/C(=C(/O)c4ccc5c(c4)C[C@H](C)O5)[C@@H]3c3cccc(OCc4ccccc4)c3)sc2c1. The molecule has 3 heterocycles. The second kappa shape index (κ2) is 10.7. The minimum Gasteiger partial charge on any atom is -0.507 e. The van der Waals surface area contributed by atoms with Crippen LogP contribution in [0.1, 0.15) is 40.8 Å². The summed E-state index contributed by atoms with van der Waals surface area (Å²) in [7, 11) is 0. The number of hydrogen-bond acceptors (Lipinski definition) is 7. The van der Waals surface area contributed by atoms with E-state index in [1.165, 1.54) is 16.2 Å². The summed E-state index contributed by atoms with van der Waals surface area (Å²) in [6.07, 6.45) is 0.722. The number of aliphatic hydroxyl groups is 1. The molecule has 0 aliphatic carbocycles. The number of rotatable bonds is 6. The lowest BCUT2D eigenvalue weighted by molar-refractivity contribution is -0.132. The lowest BCUT2D eigenvalue weighted by Gasteiger charge is -2.23. The zero-order valence-electron chi connectivity index (χ0n) is 23.6. The molecule has 0 saturated carbocycles. The number of fused-ring (bicyclic) bond motifs is 2. The fourth-order valence-electron chi connectivity index (χ4n) is 5.71. The second-order valence-corrected chi connectivity index (χ2v) is 11.9. The van der Waals surface area contributed by atoms with Crippen LogP contribution in [-0.2, 0) is 22.6 Å². The quantitative estimate of drug-likeness (QED) is 0.129. The monoisotopic (exact) mass is 588 g/mol. The van der Waals surface area contributed by atoms with Crippen molar-refractivity contribution in [2.24, 2.45) is 0 Å². The van der Waals surface area contributed by atoms with Gasteiger partial charge in [0.1, 0.15) is 30.0 Å². The zero-order valence-corrected chi connectivity index (χ0v) is 24.4. The maximum atomic E-state index is 13.8. The first-order chi connectivity index (χ1) is 20.9. The van der Waals surface area contributed by atoms with E-state index in [1.807, 2.05) is 92.7 Å². The van der Waals surface area contributed by atoms with Gasteiger partial charge in [0.15, 0.2) is 5.13 Å². The number of aromatic nitrogens is 1. The molecule has 1 aromatic heterocycles. The summed E-state index contributed by atoms with van der Waals surface area (Å²) in [5.41, 5.74) is 4.85. The van der Waals surface area contributed by atoms with E-state index in [0.717, 1.165) is 32.7 Å². The Morgan fingerprint density at radius 2 is 1.86 bits per heavy atom. The number of Topliss-reactive ketones (excluding diaryl/α,β-unsaturated/α-hetero) is 1. The summed E-state index contributed by atoms with van der Waals surface area (Å²) in [5, 5.41) is 12.1. The molecule has 0 unspecified atom stereocenters. The van der Waals surface area contributed by atoms with Crippen molar-refractivity contribution in [2.75, 3.05) is 4.90 Å². The van der Waals surface area contributed by atoms with E-state index in [4.69, 9.17) is 14.5 Å². The molecule has 1 saturated heterocycles. The third-order valence-corrected chi connectivity index (χ3v) is 8.79. The molecule has 7 nitrogen and oxygen atoms in total. The summed E-state index contributed by atoms with van der Waals surface area (Å²) < 4.78 is 12.8. The summed E-state index contributed by atoms with van der Waals surface area (Å²) in [6, 6.07) is 27.4. The lowest BCUT2D eigenvalue weighted by atomic mass is 9.94. The molecule has 1 N–H and O–H groups in total. The molecular formula is C35H28N2O5S. The molecular weight excluding hydrogens is 560 g/mol. The molecule has 0 bridgehead atoms. The highest BCUT2D eigenvalue weighted by Crippen LogP contribution is 2.45. The summed E-state index contributed by atoms with van der Waals surface area (Å²) >= 11 is 1.34. The lowest BCUT2D eigenvalue weighted by Crippen LogP contribution is -2.29. The summed E-state index contributed by atoms with van der Waals surface area (Å²) in [4.78, 5) is 33.6. The van der Waals surface area contributed by atoms with Gasteiger partial charge in [-0.3, -0.25) is 14.5 Å². The Morgan fingerprint density at radius 1 is 1.02 bits per heavy atom. The van der Waals surface area contributed by atoms with E-state index in [1.54, 1.807) is 12.1 Å². The number of nitrogens with zero attached hydrogens (tertiary/aromatic N) is 2. The van der Waals surface area contributed by atoms with Crippen molar-refractivity contribution in [3.63, 3.8) is 0 Å². The van der Waals surface area contributed by atoms with Gasteiger partial charge in [-0.25, -0.2) is 4.98 Å². The molecule has 2 aliphatic rings. The van der Waals surface area contributed by atoms with E-state index in [0.29, 0.717) is 35.0 Å². The van der Waals surface area contributed by atoms with Crippen molar-refractivity contribution in [2.45, 2.75) is 39.0 Å². The molecule has 4 aromatic carbocycles. The van der Waals surface area contributed by atoms with E-state index < -0.39 is 17.7 Å². The largest absolute Gasteiger partial charge is 0.507 e. The number of amides is 1. The smallest absolute Gasteiger partial charge is 0.301 e. The van der Waals surface area contributed by atoms with Crippen molar-refractivity contribution in [3.8, 4) is 11.5 Å². The number of aryl methyl sites for hydroxylation is 1. The molecule has 7 rings (SSSR count). The van der Waals surface area contributed by atoms with Crippen LogP contribution in [-0.4, -0.2) is 27.9 Å². The minimum absolute atomic E-state index is 0.00700. The molecule has 0 radical (unpaired) electrons. The number of benzene rings is 4. The van der Waals surface area contributed by atoms with Crippen LogP contribution in [0.15, 0.2) is 96.6 Å². The summed E-state index contributed by atoms with van der Waals surface area (Å²) in [6.45, 7) is 4.34. The third kappa shape index (κ3) is 4.93. The maximum Gasteiger partial charge on any atom is 0.301 e. The highest BCUT2D eigenvalue weighted by molar-refractivity contribution is 7.22. The number of thiazole rings is 1. The van der Waals surface area contributed by atoms with Crippen molar-refractivity contribution in [3.05, 3.63) is 124 Å². The van der Waals surface area contributed by atoms with E-state index in [-0.39, 0.29) is 17.4 Å². The van der Waals surface area contributed by atoms with Gasteiger partial charge < -0.3 is 14.6 Å². The van der Waals surface area contributed by atoms with Gasteiger partial charge in [0, 0.05) is 12.0 Å². The maximum absolute atomic E-state index is 13.8. The third-order valence-electron chi connectivity index (χ3n) is 7.77. The molecule has 2 atom stereocenters. The molecule has 43 heavy (non-hydrogen) atoms. The highest BCUT2D eigenvalue weighted by Gasteiger charge is 2.48. The van der Waals surface area contributed by atoms with Crippen molar-refractivity contribution < 1.29 is 24.2 Å². The Balaban J connectivity index is 1.35. The normalized spacial score (nSPS) is 19.1. The second-order valence-electron chi connectivity index (χ2n) is 10.9. The first-order valence-electron chi connectivity index (χ1n) is 14.1. The van der Waals surface area contributed by atoms with E-state index in [9.17, 15) is 14.7 Å². The van der Waals surface area contributed by atoms with Crippen LogP contribution in [0.5, 0.6) is 11.5 Å². The number of aliphatic hydroxyl groups excluding tert-OH is 1. The predicted octanol–water partition coefficient (Wildman–Crippen LogP) is 7.13. The first-order valence-corrected chi connectivity index (χ1v) is 14.9. The van der Waals surface area contributed by atoms with Crippen LogP contribution in [0.2, 0.25) is 0 Å². The first kappa shape index (κ1) is 26.9. The standard InChI is InChI=1S/C35H28N2O5S/c1-20-11-13-27-29(15-20)43-35(36-27)37-31(23-9-6-10-26(18-23)41-19-22-7-4-3-5-8-22)30(33(39)34(37)40)32(38)24-12-14-28-25(17-24)16-21(2)42-28/h3-15,17-18,21,31,38H,16,19H2,1-2H3/b32-30+/t21-,31-/m0/s1. The van der Waals surface area contributed by atoms with Gasteiger partial charge in [-0.2, -0.15) is 0 Å². The number of anilines is 1. The van der Waals surface area contributed by atoms with Gasteiger partial charge in [-0.15, -0.1) is 0 Å². The molecule has 214 valence electrons. The molecule has 0 spiro atoms. The van der Waals surface area contributed by atoms with Crippen LogP contribution >= 0.6 is 11.3 Å². The number of ketones is 1. The molecule has 1 amide bonds. The summed E-state index contributed by atoms with van der Waals surface area (Å²) in [5.74, 6) is -0.403. The molecule has 2 aliphatic heterocycles. The van der Waals surface area contributed by atoms with Gasteiger partial charge in [0.2, 0.25) is 0 Å². The van der Waals surface area contributed by atoms with Crippen molar-refractivity contribution in [1.82, 2.24) is 4.98 Å². The van der Waals surface area contributed by atoms with Crippen LogP contribution in [0.4, 0.5) is 5.13 Å². The number of ether oxygens (including phenoxy) is 2. The van der Waals surface area contributed by atoms with Crippen LogP contribution in [0, 0.1) is 6.92 Å². The van der Waals surface area contributed by atoms with Gasteiger partial charge >= 0.3 is 5.91 Å². The zero-order chi connectivity index (χ0) is 29.7. The van der Waals surface area contributed by atoms with Crippen LogP contribution < -0.4 is 14.4 Å². The molecule has 5 aromatic rings. The molecule has 1 fully saturated rings. The Bertz CT molecular complexity index is 1930. The fourth-order valence-corrected chi connectivity index (χ4v) is 6.80. The number of carbonyl (C=O) groups excluding carboxylic acids is 2. The number of carbonyl (C=O) groups is 2. The van der Waals surface area contributed by atoms with E-state index in [2.05, 4.69) is 0 Å². The molecule has 8 heteroatoms. The van der Waals surface area contributed by atoms with Crippen LogP contribution in [0.25, 0.3) is 16.0 Å². The van der Waals surface area contributed by atoms with Gasteiger partial charge in [-0.05, 0) is 78.6 Å². The average Bonchev–Trinajstić information content (AvgIpc) is 3.68. The number of hydrogen-bond donors (Lipinski definition) is 1.